The summed E-state index contributed by atoms with van der Waals surface area (Å²) in [5, 5.41) is 13.6. The topological polar surface area (TPSA) is 137 Å². The van der Waals surface area contributed by atoms with Gasteiger partial charge in [0, 0.05) is 65.3 Å². The lowest BCUT2D eigenvalue weighted by atomic mass is 10.1. The molecule has 222 valence electrons. The number of sulfonamides is 1. The molecule has 0 bridgehead atoms. The van der Waals surface area contributed by atoms with Crippen molar-refractivity contribution in [3.05, 3.63) is 35.7 Å². The van der Waals surface area contributed by atoms with Crippen molar-refractivity contribution >= 4 is 33.3 Å². The molecule has 1 N–H and O–H groups in total. The second kappa shape index (κ2) is 11.0. The van der Waals surface area contributed by atoms with E-state index in [0.717, 1.165) is 18.8 Å². The summed E-state index contributed by atoms with van der Waals surface area (Å²) in [6, 6.07) is 2.55. The highest BCUT2D eigenvalue weighted by molar-refractivity contribution is 7.88. The SMILES string of the molecule is CN(C(=O)O)c1cc(C(F)(F)F)c(-c2nc(N3CCOCC3)c3cc(CN4CCN(S(C)(=O)=O)CC4)cn3n2)cn1. The Bertz CT molecular complexity index is 1550. The Labute approximate surface area is 233 Å². The van der Waals surface area contributed by atoms with Gasteiger partial charge in [-0.05, 0) is 17.7 Å². The van der Waals surface area contributed by atoms with Crippen molar-refractivity contribution in [1.29, 1.82) is 0 Å². The Morgan fingerprint density at radius 2 is 1.80 bits per heavy atom. The number of carbonyl (C=O) groups is 1. The van der Waals surface area contributed by atoms with E-state index in [4.69, 9.17) is 4.74 Å². The van der Waals surface area contributed by atoms with E-state index >= 15 is 0 Å². The normalized spacial score (nSPS) is 17.7. The summed E-state index contributed by atoms with van der Waals surface area (Å²) in [5.41, 5.74) is -0.0573. The van der Waals surface area contributed by atoms with Gasteiger partial charge in [0.2, 0.25) is 10.0 Å². The Morgan fingerprint density at radius 1 is 1.12 bits per heavy atom. The molecule has 0 saturated carbocycles. The number of amides is 1. The Hall–Kier alpha value is -3.54. The minimum Gasteiger partial charge on any atom is -0.465 e. The third kappa shape index (κ3) is 6.22. The van der Waals surface area contributed by atoms with Gasteiger partial charge in [0.15, 0.2) is 11.6 Å². The summed E-state index contributed by atoms with van der Waals surface area (Å²) >= 11 is 0. The van der Waals surface area contributed by atoms with Crippen LogP contribution in [-0.2, 0) is 27.5 Å². The van der Waals surface area contributed by atoms with E-state index in [1.807, 2.05) is 11.0 Å². The van der Waals surface area contributed by atoms with Crippen LogP contribution in [0.25, 0.3) is 16.9 Å². The molecule has 17 heteroatoms. The second-order valence-electron chi connectivity index (χ2n) is 9.90. The standard InChI is InChI=1S/C24H29F3N8O5S/c1-31(23(36)37)20-12-18(24(25,26)27)17(13-28-20)21-29-22(33-7-9-40-10-8-33)19-11-16(15-35(19)30-21)14-32-3-5-34(6-4-32)41(2,38)39/h11-13,15H,3-10,14H2,1-2H3,(H,36,37). The van der Waals surface area contributed by atoms with Crippen molar-refractivity contribution in [2.45, 2.75) is 12.7 Å². The molecule has 1 amide bonds. The molecule has 5 heterocycles. The van der Waals surface area contributed by atoms with Crippen molar-refractivity contribution in [3.8, 4) is 11.4 Å². The lowest BCUT2D eigenvalue weighted by Crippen LogP contribution is -2.47. The number of aromatic nitrogens is 4. The Balaban J connectivity index is 1.54. The average Bonchev–Trinajstić information content (AvgIpc) is 3.33. The van der Waals surface area contributed by atoms with Crippen LogP contribution in [0.3, 0.4) is 0 Å². The molecule has 3 aromatic rings. The van der Waals surface area contributed by atoms with Crippen LogP contribution in [0, 0.1) is 0 Å². The predicted octanol–water partition coefficient (Wildman–Crippen LogP) is 1.84. The van der Waals surface area contributed by atoms with Gasteiger partial charge < -0.3 is 14.7 Å². The molecule has 0 aromatic carbocycles. The predicted molar refractivity (Wildman–Crippen MR) is 142 cm³/mol. The number of morpholine rings is 1. The summed E-state index contributed by atoms with van der Waals surface area (Å²) in [6.45, 7) is 4.11. The van der Waals surface area contributed by atoms with Gasteiger partial charge in [0.05, 0.1) is 30.6 Å². The van der Waals surface area contributed by atoms with Crippen LogP contribution in [0.1, 0.15) is 11.1 Å². The maximum atomic E-state index is 14.2. The van der Waals surface area contributed by atoms with Crippen LogP contribution >= 0.6 is 0 Å². The van der Waals surface area contributed by atoms with Gasteiger partial charge in [-0.2, -0.15) is 17.5 Å². The molecule has 13 nitrogen and oxygen atoms in total. The lowest BCUT2D eigenvalue weighted by Gasteiger charge is -2.32. The zero-order valence-electron chi connectivity index (χ0n) is 22.4. The molecule has 0 aliphatic carbocycles. The van der Waals surface area contributed by atoms with Gasteiger partial charge in [0.25, 0.3) is 0 Å². The van der Waals surface area contributed by atoms with E-state index in [1.165, 1.54) is 15.1 Å². The fourth-order valence-electron chi connectivity index (χ4n) is 4.86. The Morgan fingerprint density at radius 3 is 2.41 bits per heavy atom. The van der Waals surface area contributed by atoms with Crippen LogP contribution in [0.5, 0.6) is 0 Å². The van der Waals surface area contributed by atoms with Crippen molar-refractivity contribution in [2.75, 3.05) is 75.6 Å². The van der Waals surface area contributed by atoms with Crippen LogP contribution in [0.4, 0.5) is 29.6 Å². The van der Waals surface area contributed by atoms with Gasteiger partial charge in [-0.3, -0.25) is 9.80 Å². The minimum absolute atomic E-state index is 0.215. The summed E-state index contributed by atoms with van der Waals surface area (Å²) in [6.07, 6.45) is -2.44. The summed E-state index contributed by atoms with van der Waals surface area (Å²) in [4.78, 5) is 24.4. The quantitative estimate of drug-likeness (QED) is 0.448. The highest BCUT2D eigenvalue weighted by atomic mass is 32.2. The highest BCUT2D eigenvalue weighted by Crippen LogP contribution is 2.38. The smallest absolute Gasteiger partial charge is 0.417 e. The molecule has 0 atom stereocenters. The number of hydrogen-bond acceptors (Lipinski definition) is 9. The van der Waals surface area contributed by atoms with E-state index < -0.39 is 27.9 Å². The zero-order valence-corrected chi connectivity index (χ0v) is 23.2. The summed E-state index contributed by atoms with van der Waals surface area (Å²) in [5.74, 6) is -0.166. The molecule has 2 saturated heterocycles. The molecule has 0 radical (unpaired) electrons. The largest absolute Gasteiger partial charge is 0.465 e. The van der Waals surface area contributed by atoms with E-state index in [2.05, 4.69) is 20.0 Å². The van der Waals surface area contributed by atoms with E-state index in [-0.39, 0.29) is 17.2 Å². The molecular formula is C24H29F3N8O5S. The van der Waals surface area contributed by atoms with Crippen molar-refractivity contribution in [1.82, 2.24) is 28.8 Å². The first-order valence-corrected chi connectivity index (χ1v) is 14.6. The van der Waals surface area contributed by atoms with E-state index in [1.54, 1.807) is 6.20 Å². The summed E-state index contributed by atoms with van der Waals surface area (Å²) < 4.78 is 74.6. The number of fused-ring (bicyclic) bond motifs is 1. The number of anilines is 2. The first-order chi connectivity index (χ1) is 19.3. The number of nitrogens with zero attached hydrogens (tertiary/aromatic N) is 8. The fourth-order valence-corrected chi connectivity index (χ4v) is 5.69. The zero-order chi connectivity index (χ0) is 29.5. The molecule has 2 fully saturated rings. The van der Waals surface area contributed by atoms with Crippen molar-refractivity contribution in [2.24, 2.45) is 0 Å². The number of halogens is 3. The number of carboxylic acid groups (broad SMARTS) is 1. The number of pyridine rings is 1. The number of ether oxygens (including phenoxy) is 1. The van der Waals surface area contributed by atoms with Crippen molar-refractivity contribution < 1.29 is 36.2 Å². The van der Waals surface area contributed by atoms with Crippen LogP contribution in [-0.4, -0.2) is 114 Å². The van der Waals surface area contributed by atoms with Gasteiger partial charge >= 0.3 is 12.3 Å². The maximum absolute atomic E-state index is 14.2. The second-order valence-corrected chi connectivity index (χ2v) is 11.9. The van der Waals surface area contributed by atoms with Gasteiger partial charge in [-0.15, -0.1) is 5.10 Å². The highest BCUT2D eigenvalue weighted by Gasteiger charge is 2.36. The van der Waals surface area contributed by atoms with Crippen LogP contribution in [0.15, 0.2) is 24.5 Å². The van der Waals surface area contributed by atoms with Gasteiger partial charge in [-0.25, -0.2) is 27.7 Å². The monoisotopic (exact) mass is 598 g/mol. The lowest BCUT2D eigenvalue weighted by molar-refractivity contribution is -0.137. The third-order valence-corrected chi connectivity index (χ3v) is 8.39. The average molecular weight is 599 g/mol. The molecule has 2 aliphatic heterocycles. The Kier molecular flexibility index (Phi) is 7.80. The maximum Gasteiger partial charge on any atom is 0.417 e. The molecule has 41 heavy (non-hydrogen) atoms. The van der Waals surface area contributed by atoms with E-state index in [9.17, 15) is 31.5 Å². The molecule has 2 aliphatic rings. The minimum atomic E-state index is -4.83. The number of alkyl halides is 3. The number of rotatable bonds is 6. The van der Waals surface area contributed by atoms with Gasteiger partial charge in [0.1, 0.15) is 11.3 Å². The van der Waals surface area contributed by atoms with Crippen molar-refractivity contribution in [3.63, 3.8) is 0 Å². The van der Waals surface area contributed by atoms with Gasteiger partial charge in [-0.1, -0.05) is 0 Å². The summed E-state index contributed by atoms with van der Waals surface area (Å²) in [7, 11) is -2.16. The molecule has 5 rings (SSSR count). The van der Waals surface area contributed by atoms with E-state index in [0.29, 0.717) is 81.3 Å². The van der Waals surface area contributed by atoms with Crippen LogP contribution in [0.2, 0.25) is 0 Å². The third-order valence-electron chi connectivity index (χ3n) is 7.08. The number of piperazine rings is 1. The first-order valence-electron chi connectivity index (χ1n) is 12.7. The van der Waals surface area contributed by atoms with Crippen LogP contribution < -0.4 is 9.80 Å². The number of hydrogen-bond donors (Lipinski definition) is 1. The first kappa shape index (κ1) is 29.0. The molecule has 3 aromatic heterocycles. The fraction of sp³-hybridized carbons (Fsp3) is 0.500. The molecule has 0 spiro atoms. The molecular weight excluding hydrogens is 569 g/mol. The molecule has 0 unspecified atom stereocenters.